The summed E-state index contributed by atoms with van der Waals surface area (Å²) in [5.74, 6) is 0. The van der Waals surface area contributed by atoms with Gasteiger partial charge in [-0.2, -0.15) is 8.42 Å². The van der Waals surface area contributed by atoms with Gasteiger partial charge in [-0.15, -0.1) is 0 Å². The zero-order valence-electron chi connectivity index (χ0n) is 16.4. The monoisotopic (exact) mass is 402 g/mol. The van der Waals surface area contributed by atoms with Crippen LogP contribution in [-0.4, -0.2) is 22.5 Å². The third-order valence-electron chi connectivity index (χ3n) is 4.94. The molecule has 0 spiro atoms. The van der Waals surface area contributed by atoms with Gasteiger partial charge in [0.05, 0.1) is 9.52 Å². The van der Waals surface area contributed by atoms with Crippen molar-refractivity contribution in [3.8, 4) is 0 Å². The zero-order chi connectivity index (χ0) is 19.9. The number of unbranched alkanes of at least 4 members (excludes halogenated alkanes) is 2. The molecule has 5 heteroatoms. The number of rotatable bonds is 10. The van der Waals surface area contributed by atoms with E-state index >= 15 is 0 Å². The summed E-state index contributed by atoms with van der Waals surface area (Å²) in [6.45, 7) is 8.09. The summed E-state index contributed by atoms with van der Waals surface area (Å²) in [4.78, 5) is 0.0343. The summed E-state index contributed by atoms with van der Waals surface area (Å²) in [7, 11) is -5.35. The van der Waals surface area contributed by atoms with Crippen molar-refractivity contribution in [2.24, 2.45) is 0 Å². The first-order chi connectivity index (χ1) is 12.9. The molecule has 0 heterocycles. The van der Waals surface area contributed by atoms with Crippen LogP contribution in [0.4, 0.5) is 0 Å². The Kier molecular flexibility index (Phi) is 8.02. The van der Waals surface area contributed by atoms with Gasteiger partial charge in [-0.25, -0.2) is 0 Å². The Bertz CT molecular complexity index is 888. The molecule has 0 bridgehead atoms. The summed E-state index contributed by atoms with van der Waals surface area (Å²) in [6, 6.07) is 11.8. The summed E-state index contributed by atoms with van der Waals surface area (Å²) < 4.78 is 33.8. The highest BCUT2D eigenvalue weighted by molar-refractivity contribution is 7.86. The summed E-state index contributed by atoms with van der Waals surface area (Å²) in [6.07, 6.45) is 8.16. The van der Waals surface area contributed by atoms with Crippen molar-refractivity contribution in [1.82, 2.24) is 0 Å². The molecule has 0 atom stereocenters. The smallest absolute Gasteiger partial charge is 0.282 e. The van der Waals surface area contributed by atoms with Crippen molar-refractivity contribution < 1.29 is 13.0 Å². The largest absolute Gasteiger partial charge is 0.294 e. The fourth-order valence-corrected chi connectivity index (χ4v) is 7.07. The lowest BCUT2D eigenvalue weighted by atomic mass is 9.98. The van der Waals surface area contributed by atoms with Gasteiger partial charge in [0.25, 0.3) is 10.1 Å². The van der Waals surface area contributed by atoms with Crippen LogP contribution in [-0.2, 0) is 23.0 Å². The van der Waals surface area contributed by atoms with Gasteiger partial charge in [-0.05, 0) is 47.6 Å². The van der Waals surface area contributed by atoms with Crippen molar-refractivity contribution in [2.45, 2.75) is 57.3 Å². The molecule has 0 aliphatic heterocycles. The van der Waals surface area contributed by atoms with E-state index in [0.29, 0.717) is 5.56 Å². The second kappa shape index (κ2) is 10.0. The number of aryl methyl sites for hydroxylation is 1. The van der Waals surface area contributed by atoms with Crippen LogP contribution < -0.4 is 10.4 Å². The molecule has 0 saturated heterocycles. The summed E-state index contributed by atoms with van der Waals surface area (Å²) in [5.41, 5.74) is 3.26. The van der Waals surface area contributed by atoms with E-state index in [2.05, 4.69) is 38.6 Å². The molecule has 0 fully saturated rings. The van der Waals surface area contributed by atoms with Gasteiger partial charge in [-0.3, -0.25) is 4.55 Å². The van der Waals surface area contributed by atoms with Gasteiger partial charge >= 0.3 is 0 Å². The molecule has 0 unspecified atom stereocenters. The van der Waals surface area contributed by atoms with E-state index in [0.717, 1.165) is 43.7 Å². The molecule has 1 N–H and O–H groups in total. The molecule has 146 valence electrons. The van der Waals surface area contributed by atoms with Crippen LogP contribution in [0.5, 0.6) is 0 Å². The minimum Gasteiger partial charge on any atom is -0.282 e. The van der Waals surface area contributed by atoms with Crippen LogP contribution in [0.2, 0.25) is 0 Å². The predicted octanol–water partition coefficient (Wildman–Crippen LogP) is 3.38. The van der Waals surface area contributed by atoms with Gasteiger partial charge < -0.3 is 0 Å². The number of benzene rings is 2. The third-order valence-corrected chi connectivity index (χ3v) is 8.22. The lowest BCUT2D eigenvalue weighted by Gasteiger charge is -2.16. The molecular weight excluding hydrogens is 372 g/mol. The standard InChI is InChI=1S/C22H30O3SSi/c1-4-7-11-18-13-10-15-20(19(18)14-8-5-2)27-21-16-9-12-17(6-3)22(21)26(23,24)25/h6,9-10,12-13,15-16H,3-5,7-8,11,14,27H2,1-2H3,(H,23,24,25). The van der Waals surface area contributed by atoms with Crippen LogP contribution in [0.25, 0.3) is 6.08 Å². The van der Waals surface area contributed by atoms with Crippen LogP contribution in [0, 0.1) is 0 Å². The van der Waals surface area contributed by atoms with E-state index < -0.39 is 19.6 Å². The highest BCUT2D eigenvalue weighted by Crippen LogP contribution is 2.16. The average Bonchev–Trinajstić information content (AvgIpc) is 2.64. The molecule has 0 saturated carbocycles. The minimum absolute atomic E-state index is 0.0343. The van der Waals surface area contributed by atoms with Crippen LogP contribution >= 0.6 is 0 Å². The van der Waals surface area contributed by atoms with E-state index in [1.165, 1.54) is 22.4 Å². The second-order valence-corrected chi connectivity index (χ2v) is 10.2. The second-order valence-electron chi connectivity index (χ2n) is 6.95. The molecular formula is C22H30O3SSi. The topological polar surface area (TPSA) is 54.4 Å². The molecule has 0 amide bonds. The summed E-state index contributed by atoms with van der Waals surface area (Å²) in [5, 5.41) is 2.03. The van der Waals surface area contributed by atoms with Crippen LogP contribution in [0.15, 0.2) is 47.9 Å². The highest BCUT2D eigenvalue weighted by atomic mass is 32.2. The van der Waals surface area contributed by atoms with Crippen LogP contribution in [0.3, 0.4) is 0 Å². The summed E-state index contributed by atoms with van der Waals surface area (Å²) >= 11 is 0. The highest BCUT2D eigenvalue weighted by Gasteiger charge is 2.20. The van der Waals surface area contributed by atoms with E-state index in [1.807, 2.05) is 12.1 Å². The van der Waals surface area contributed by atoms with Gasteiger partial charge in [0.1, 0.15) is 4.90 Å². The predicted molar refractivity (Wildman–Crippen MR) is 118 cm³/mol. The Morgan fingerprint density at radius 3 is 2.26 bits per heavy atom. The molecule has 2 rings (SSSR count). The van der Waals surface area contributed by atoms with E-state index in [1.54, 1.807) is 6.07 Å². The first-order valence-electron chi connectivity index (χ1n) is 9.73. The van der Waals surface area contributed by atoms with Crippen molar-refractivity contribution in [3.63, 3.8) is 0 Å². The lowest BCUT2D eigenvalue weighted by molar-refractivity contribution is 0.483. The molecule has 2 aromatic rings. The maximum Gasteiger partial charge on any atom is 0.294 e. The van der Waals surface area contributed by atoms with Crippen molar-refractivity contribution >= 4 is 36.1 Å². The fourth-order valence-electron chi connectivity index (χ4n) is 3.55. The molecule has 27 heavy (non-hydrogen) atoms. The molecule has 0 radical (unpaired) electrons. The zero-order valence-corrected chi connectivity index (χ0v) is 18.6. The average molecular weight is 403 g/mol. The maximum atomic E-state index is 12.0. The van der Waals surface area contributed by atoms with Gasteiger partial charge in [-0.1, -0.05) is 80.9 Å². The van der Waals surface area contributed by atoms with E-state index in [-0.39, 0.29) is 4.90 Å². The van der Waals surface area contributed by atoms with E-state index in [4.69, 9.17) is 0 Å². The SMILES string of the molecule is C=Cc1cccc([SiH2]c2cccc(CCCC)c2CCCC)c1S(=O)(=O)O. The Hall–Kier alpha value is -1.69. The quantitative estimate of drug-likeness (QED) is 0.490. The molecule has 2 aromatic carbocycles. The number of hydrogen-bond acceptors (Lipinski definition) is 2. The fraction of sp³-hybridized carbons (Fsp3) is 0.364. The normalized spacial score (nSPS) is 12.0. The van der Waals surface area contributed by atoms with Gasteiger partial charge in [0.2, 0.25) is 0 Å². The van der Waals surface area contributed by atoms with Crippen LogP contribution in [0.1, 0.15) is 56.2 Å². The molecule has 0 aliphatic carbocycles. The Morgan fingerprint density at radius 2 is 1.63 bits per heavy atom. The Labute approximate surface area is 166 Å². The van der Waals surface area contributed by atoms with Crippen molar-refractivity contribution in [2.75, 3.05) is 0 Å². The Morgan fingerprint density at radius 1 is 1.00 bits per heavy atom. The molecule has 3 nitrogen and oxygen atoms in total. The lowest BCUT2D eigenvalue weighted by Crippen LogP contribution is -2.34. The van der Waals surface area contributed by atoms with E-state index in [9.17, 15) is 13.0 Å². The number of hydrogen-bond donors (Lipinski definition) is 1. The Balaban J connectivity index is 2.52. The minimum atomic E-state index is -4.29. The van der Waals surface area contributed by atoms with Crippen molar-refractivity contribution in [3.05, 3.63) is 59.7 Å². The van der Waals surface area contributed by atoms with Gasteiger partial charge in [0.15, 0.2) is 0 Å². The van der Waals surface area contributed by atoms with Gasteiger partial charge in [0, 0.05) is 0 Å². The van der Waals surface area contributed by atoms with Crippen molar-refractivity contribution in [1.29, 1.82) is 0 Å². The molecule has 0 aliphatic rings. The first-order valence-corrected chi connectivity index (χ1v) is 12.6. The third kappa shape index (κ3) is 5.64. The molecule has 0 aromatic heterocycles. The first kappa shape index (κ1) is 21.6. The maximum absolute atomic E-state index is 12.0.